The number of benzene rings is 4. The molecule has 1 spiro atoms. The molecule has 40 heavy (non-hydrogen) atoms. The van der Waals surface area contributed by atoms with Gasteiger partial charge in [0.1, 0.15) is 17.7 Å². The van der Waals surface area contributed by atoms with E-state index in [0.29, 0.717) is 23.0 Å². The van der Waals surface area contributed by atoms with Gasteiger partial charge in [0.2, 0.25) is 0 Å². The van der Waals surface area contributed by atoms with Crippen LogP contribution >= 0.6 is 0 Å². The maximum absolute atomic E-state index is 13.1. The van der Waals surface area contributed by atoms with Crippen molar-refractivity contribution >= 4 is 17.3 Å². The molecule has 2 aliphatic rings. The number of ether oxygens (including phenoxy) is 2. The van der Waals surface area contributed by atoms with Crippen LogP contribution in [-0.4, -0.2) is 18.7 Å². The fraction of sp³-hybridized carbons (Fsp3) is 0.286. The number of carbonyl (C=O) groups excluding carboxylic acids is 1. The van der Waals surface area contributed by atoms with Crippen LogP contribution in [-0.2, 0) is 10.3 Å². The summed E-state index contributed by atoms with van der Waals surface area (Å²) in [5, 5.41) is 3.82. The number of esters is 1. The first-order valence-electron chi connectivity index (χ1n) is 14.4. The fourth-order valence-electron chi connectivity index (χ4n) is 6.01. The van der Waals surface area contributed by atoms with Gasteiger partial charge in [-0.15, -0.1) is 0 Å². The van der Waals surface area contributed by atoms with Crippen LogP contribution in [0.1, 0.15) is 67.1 Å². The number of nitrogens with one attached hydrogen (secondary N) is 1. The Labute approximate surface area is 236 Å². The maximum atomic E-state index is 13.1. The number of unbranched alkanes of at least 4 members (excludes halogenated alkanes) is 1. The normalized spacial score (nSPS) is 18.1. The van der Waals surface area contributed by atoms with Crippen molar-refractivity contribution in [3.05, 3.63) is 119 Å². The number of hydrogen-bond donors (Lipinski definition) is 1. The molecule has 0 saturated heterocycles. The van der Waals surface area contributed by atoms with Gasteiger partial charge >= 0.3 is 5.97 Å². The molecule has 1 N–H and O–H groups in total. The Morgan fingerprint density at radius 1 is 0.825 bits per heavy atom. The van der Waals surface area contributed by atoms with E-state index in [2.05, 4.69) is 73.5 Å². The first-order chi connectivity index (χ1) is 19.6. The monoisotopic (exact) mass is 532 g/mol. The van der Waals surface area contributed by atoms with E-state index in [1.54, 1.807) is 0 Å². The molecule has 5 nitrogen and oxygen atoms in total. The van der Waals surface area contributed by atoms with Gasteiger partial charge in [0.05, 0.1) is 5.56 Å². The molecule has 0 aliphatic carbocycles. The van der Waals surface area contributed by atoms with E-state index in [1.807, 2.05) is 54.6 Å². The molecule has 204 valence electrons. The predicted molar refractivity (Wildman–Crippen MR) is 160 cm³/mol. The molecular formula is C35H36N2O3. The van der Waals surface area contributed by atoms with Crippen LogP contribution in [0.3, 0.4) is 0 Å². The highest BCUT2D eigenvalue weighted by molar-refractivity contribution is 5.97. The third kappa shape index (κ3) is 4.30. The molecule has 3 atom stereocenters. The average Bonchev–Trinajstić information content (AvgIpc) is 3.29. The summed E-state index contributed by atoms with van der Waals surface area (Å²) in [5.41, 5.74) is 4.29. The van der Waals surface area contributed by atoms with Gasteiger partial charge in [0.15, 0.2) is 5.60 Å². The van der Waals surface area contributed by atoms with E-state index in [1.165, 1.54) is 0 Å². The summed E-state index contributed by atoms with van der Waals surface area (Å²) in [6.45, 7) is 7.67. The quantitative estimate of drug-likeness (QED) is 0.173. The van der Waals surface area contributed by atoms with Crippen LogP contribution in [0.4, 0.5) is 11.4 Å². The second-order valence-corrected chi connectivity index (χ2v) is 10.8. The van der Waals surface area contributed by atoms with E-state index < -0.39 is 5.60 Å². The minimum absolute atomic E-state index is 0.0897. The molecule has 0 radical (unpaired) electrons. The number of rotatable bonds is 9. The van der Waals surface area contributed by atoms with E-state index in [-0.39, 0.29) is 12.1 Å². The first-order valence-corrected chi connectivity index (χ1v) is 14.4. The molecule has 3 unspecified atom stereocenters. The molecule has 4 aromatic rings. The number of nitrogens with zero attached hydrogens (tertiary/aromatic N) is 1. The van der Waals surface area contributed by atoms with Crippen LogP contribution in [0.25, 0.3) is 0 Å². The van der Waals surface area contributed by atoms with Gasteiger partial charge in [-0.1, -0.05) is 81.8 Å². The third-order valence-electron chi connectivity index (χ3n) is 8.29. The first kappa shape index (κ1) is 26.0. The standard InChI is InChI=1S/C35H36N2O3/c1-4-6-22-37(33(24(3)5-2)36-25-14-8-7-9-15-25)26-20-21-30-32(23-26)39-31-19-13-12-18-29(31)35(30)28-17-11-10-16-27(28)34(38)40-35/h7-21,23-24,33,36H,4-6,22H2,1-3H3. The highest BCUT2D eigenvalue weighted by atomic mass is 16.6. The molecule has 0 aromatic heterocycles. The van der Waals surface area contributed by atoms with Gasteiger partial charge in [-0.25, -0.2) is 4.79 Å². The Kier molecular flexibility index (Phi) is 6.97. The molecule has 0 bridgehead atoms. The Morgan fingerprint density at radius 2 is 1.52 bits per heavy atom. The summed E-state index contributed by atoms with van der Waals surface area (Å²) < 4.78 is 12.9. The Hall–Kier alpha value is -4.25. The van der Waals surface area contributed by atoms with Crippen LogP contribution in [0.15, 0.2) is 97.1 Å². The number of hydrogen-bond acceptors (Lipinski definition) is 5. The maximum Gasteiger partial charge on any atom is 0.340 e. The van der Waals surface area contributed by atoms with E-state index >= 15 is 0 Å². The van der Waals surface area contributed by atoms with Crippen molar-refractivity contribution in [3.8, 4) is 11.5 Å². The molecule has 2 aliphatic heterocycles. The average molecular weight is 533 g/mol. The van der Waals surface area contributed by atoms with Crippen LogP contribution in [0, 0.1) is 5.92 Å². The minimum atomic E-state index is -1.04. The summed E-state index contributed by atoms with van der Waals surface area (Å²) >= 11 is 0. The van der Waals surface area contributed by atoms with Crippen molar-refractivity contribution in [2.45, 2.75) is 51.8 Å². The van der Waals surface area contributed by atoms with Crippen LogP contribution in [0.2, 0.25) is 0 Å². The fourth-order valence-corrected chi connectivity index (χ4v) is 6.01. The second kappa shape index (κ2) is 10.7. The summed E-state index contributed by atoms with van der Waals surface area (Å²) in [5.74, 6) is 1.50. The van der Waals surface area contributed by atoms with Crippen molar-refractivity contribution in [3.63, 3.8) is 0 Å². The van der Waals surface area contributed by atoms with Gasteiger partial charge in [-0.2, -0.15) is 0 Å². The highest BCUT2D eigenvalue weighted by Gasteiger charge is 2.53. The highest BCUT2D eigenvalue weighted by Crippen LogP contribution is 2.56. The number of para-hydroxylation sites is 2. The van der Waals surface area contributed by atoms with Gasteiger partial charge < -0.3 is 19.7 Å². The molecule has 0 saturated carbocycles. The Morgan fingerprint density at radius 3 is 2.30 bits per heavy atom. The van der Waals surface area contributed by atoms with E-state index in [4.69, 9.17) is 9.47 Å². The minimum Gasteiger partial charge on any atom is -0.456 e. The number of fused-ring (bicyclic) bond motifs is 6. The van der Waals surface area contributed by atoms with Gasteiger partial charge in [-0.3, -0.25) is 0 Å². The lowest BCUT2D eigenvalue weighted by atomic mass is 9.77. The van der Waals surface area contributed by atoms with Crippen molar-refractivity contribution < 1.29 is 14.3 Å². The Bertz CT molecular complexity index is 1520. The molecular weight excluding hydrogens is 496 g/mol. The largest absolute Gasteiger partial charge is 0.456 e. The van der Waals surface area contributed by atoms with Crippen molar-refractivity contribution in [1.82, 2.24) is 0 Å². The number of anilines is 2. The van der Waals surface area contributed by atoms with Gasteiger partial charge in [0.25, 0.3) is 0 Å². The molecule has 6 rings (SSSR count). The predicted octanol–water partition coefficient (Wildman–Crippen LogP) is 8.35. The van der Waals surface area contributed by atoms with Crippen molar-refractivity contribution in [1.29, 1.82) is 0 Å². The summed E-state index contributed by atoms with van der Waals surface area (Å²) in [6.07, 6.45) is 3.29. The lowest BCUT2D eigenvalue weighted by molar-refractivity contribution is 0.0224. The van der Waals surface area contributed by atoms with Gasteiger partial charge in [-0.05, 0) is 55.2 Å². The molecule has 2 heterocycles. The zero-order valence-electron chi connectivity index (χ0n) is 23.4. The zero-order chi connectivity index (χ0) is 27.7. The second-order valence-electron chi connectivity index (χ2n) is 10.8. The topological polar surface area (TPSA) is 50.8 Å². The van der Waals surface area contributed by atoms with E-state index in [0.717, 1.165) is 53.9 Å². The zero-order valence-corrected chi connectivity index (χ0v) is 23.4. The van der Waals surface area contributed by atoms with Crippen LogP contribution < -0.4 is 15.0 Å². The van der Waals surface area contributed by atoms with Gasteiger partial charge in [0, 0.05) is 40.7 Å². The number of carbonyl (C=O) groups is 1. The smallest absolute Gasteiger partial charge is 0.340 e. The Balaban J connectivity index is 1.48. The van der Waals surface area contributed by atoms with E-state index in [9.17, 15) is 4.79 Å². The summed E-state index contributed by atoms with van der Waals surface area (Å²) in [7, 11) is 0. The summed E-state index contributed by atoms with van der Waals surface area (Å²) in [4.78, 5) is 15.6. The van der Waals surface area contributed by atoms with Crippen molar-refractivity contribution in [2.24, 2.45) is 5.92 Å². The van der Waals surface area contributed by atoms with Crippen molar-refractivity contribution in [2.75, 3.05) is 16.8 Å². The lowest BCUT2D eigenvalue weighted by Crippen LogP contribution is -2.46. The molecule has 0 amide bonds. The lowest BCUT2D eigenvalue weighted by Gasteiger charge is -2.40. The third-order valence-corrected chi connectivity index (χ3v) is 8.29. The SMILES string of the molecule is CCCCN(c1ccc2c(c1)Oc1ccccc1C21OC(=O)c2ccccc21)C(Nc1ccccc1)C(C)CC. The molecule has 0 fully saturated rings. The molecule has 4 aromatic carbocycles. The molecule has 5 heteroatoms. The summed E-state index contributed by atoms with van der Waals surface area (Å²) in [6, 6.07) is 32.4. The van der Waals surface area contributed by atoms with Crippen LogP contribution in [0.5, 0.6) is 11.5 Å².